The van der Waals surface area contributed by atoms with Gasteiger partial charge in [0.2, 0.25) is 5.88 Å². The van der Waals surface area contributed by atoms with Crippen LogP contribution < -0.4 is 9.64 Å². The molecule has 1 N–H and O–H groups in total. The minimum Gasteiger partial charge on any atom is -0.481 e. The molecule has 3 aliphatic rings. The average molecular weight is 597 g/mol. The van der Waals surface area contributed by atoms with Crippen LogP contribution in [0.25, 0.3) is 11.3 Å². The van der Waals surface area contributed by atoms with Gasteiger partial charge in [0.25, 0.3) is 0 Å². The number of benzene rings is 1. The molecule has 2 aromatic heterocycles. The molecule has 3 atom stereocenters. The maximum atomic E-state index is 11.7. The zero-order valence-corrected chi connectivity index (χ0v) is 24.9. The van der Waals surface area contributed by atoms with Gasteiger partial charge >= 0.3 is 5.97 Å². The molecule has 1 saturated carbocycles. The van der Waals surface area contributed by atoms with Crippen molar-refractivity contribution in [3.63, 3.8) is 0 Å². The van der Waals surface area contributed by atoms with Crippen LogP contribution >= 0.6 is 23.2 Å². The van der Waals surface area contributed by atoms with E-state index in [0.29, 0.717) is 28.2 Å². The summed E-state index contributed by atoms with van der Waals surface area (Å²) < 4.78 is 6.25. The minimum absolute atomic E-state index is 0.0981. The Kier molecular flexibility index (Phi) is 7.85. The first-order valence-corrected chi connectivity index (χ1v) is 14.9. The predicted octanol–water partition coefficient (Wildman–Crippen LogP) is 5.93. The number of halogens is 2. The summed E-state index contributed by atoms with van der Waals surface area (Å²) >= 11 is 12.7. The number of likely N-dealkylation sites (tertiary alicyclic amines) is 1. The van der Waals surface area contributed by atoms with Gasteiger partial charge in [-0.25, -0.2) is 9.97 Å². The number of carboxylic acid groups (broad SMARTS) is 1. The third kappa shape index (κ3) is 6.16. The summed E-state index contributed by atoms with van der Waals surface area (Å²) in [6.45, 7) is 8.49. The third-order valence-electron chi connectivity index (χ3n) is 9.04. The summed E-state index contributed by atoms with van der Waals surface area (Å²) in [6, 6.07) is 13.4. The molecule has 2 saturated heterocycles. The number of nitrogens with zero attached hydrogens (tertiary/aromatic N) is 5. The number of anilines is 1. The molecule has 3 aromatic rings. The van der Waals surface area contributed by atoms with Gasteiger partial charge in [0, 0.05) is 54.4 Å². The third-order valence-corrected chi connectivity index (χ3v) is 9.47. The number of piperazine rings is 1. The number of fused-ring (bicyclic) bond motifs is 1. The number of hydrogen-bond donors (Lipinski definition) is 1. The molecule has 0 spiro atoms. The van der Waals surface area contributed by atoms with E-state index in [-0.39, 0.29) is 17.3 Å². The van der Waals surface area contributed by atoms with Crippen molar-refractivity contribution in [1.29, 1.82) is 0 Å². The number of aliphatic carboxylic acids is 1. The Morgan fingerprint density at radius 1 is 1.05 bits per heavy atom. The van der Waals surface area contributed by atoms with Crippen LogP contribution in [0.1, 0.15) is 25.3 Å². The number of rotatable bonds is 7. The lowest BCUT2D eigenvalue weighted by atomic mass is 10.00. The lowest BCUT2D eigenvalue weighted by Crippen LogP contribution is -2.44. The van der Waals surface area contributed by atoms with E-state index < -0.39 is 5.97 Å². The van der Waals surface area contributed by atoms with E-state index in [2.05, 4.69) is 39.7 Å². The maximum Gasteiger partial charge on any atom is 0.307 e. The lowest BCUT2D eigenvalue weighted by Gasteiger charge is -2.33. The molecule has 0 bridgehead atoms. The van der Waals surface area contributed by atoms with E-state index in [0.717, 1.165) is 74.7 Å². The van der Waals surface area contributed by atoms with Gasteiger partial charge in [-0.3, -0.25) is 9.69 Å². The molecule has 4 heterocycles. The number of aromatic nitrogens is 2. The fourth-order valence-electron chi connectivity index (χ4n) is 6.53. The van der Waals surface area contributed by atoms with Gasteiger partial charge in [-0.2, -0.15) is 0 Å². The molecule has 10 heteroatoms. The van der Waals surface area contributed by atoms with Crippen LogP contribution in [0.3, 0.4) is 0 Å². The topological polar surface area (TPSA) is 82.0 Å². The molecular weight excluding hydrogens is 561 g/mol. The van der Waals surface area contributed by atoms with Gasteiger partial charge in [-0.15, -0.1) is 0 Å². The van der Waals surface area contributed by atoms with Crippen LogP contribution in [-0.4, -0.2) is 77.2 Å². The average Bonchev–Trinajstić information content (AvgIpc) is 3.57. The molecule has 1 aromatic carbocycles. The molecule has 8 nitrogen and oxygen atoms in total. The highest BCUT2D eigenvalue weighted by molar-refractivity contribution is 6.35. The minimum atomic E-state index is -0.655. The van der Waals surface area contributed by atoms with Crippen LogP contribution in [-0.2, 0) is 11.3 Å². The van der Waals surface area contributed by atoms with Crippen molar-refractivity contribution in [3.05, 3.63) is 64.3 Å². The zero-order chi connectivity index (χ0) is 28.7. The van der Waals surface area contributed by atoms with Crippen molar-refractivity contribution >= 4 is 35.0 Å². The molecule has 6 rings (SSSR count). The molecule has 41 heavy (non-hydrogen) atoms. The van der Waals surface area contributed by atoms with Crippen LogP contribution in [0, 0.1) is 17.3 Å². The second-order valence-electron chi connectivity index (χ2n) is 11.8. The van der Waals surface area contributed by atoms with Crippen LogP contribution in [0.15, 0.2) is 48.7 Å². The van der Waals surface area contributed by atoms with Crippen LogP contribution in [0.2, 0.25) is 10.0 Å². The Labute approximate surface area is 250 Å². The lowest BCUT2D eigenvalue weighted by molar-refractivity contribution is -0.139. The SMILES string of the molecule is CN1CCN(c2ccc(Oc3cc(CN4CC[C@H]5[C@H](C(=O)O)C5(C)CC4)cc(-c4cc(Cl)cc(Cl)c4)n3)cn2)CC1. The first-order chi connectivity index (χ1) is 19.7. The van der Waals surface area contributed by atoms with Crippen molar-refractivity contribution in [2.45, 2.75) is 26.3 Å². The Hall–Kier alpha value is -2.91. The normalized spacial score (nSPS) is 24.9. The maximum absolute atomic E-state index is 11.7. The fraction of sp³-hybridized carbons (Fsp3) is 0.452. The Morgan fingerprint density at radius 3 is 2.49 bits per heavy atom. The van der Waals surface area contributed by atoms with Crippen LogP contribution in [0.4, 0.5) is 5.82 Å². The summed E-state index contributed by atoms with van der Waals surface area (Å²) in [6.07, 6.45) is 3.52. The van der Waals surface area contributed by atoms with Crippen molar-refractivity contribution in [3.8, 4) is 22.9 Å². The largest absolute Gasteiger partial charge is 0.481 e. The molecule has 2 aliphatic heterocycles. The molecule has 1 aliphatic carbocycles. The number of pyridine rings is 2. The molecule has 216 valence electrons. The van der Waals surface area contributed by atoms with E-state index >= 15 is 0 Å². The summed E-state index contributed by atoms with van der Waals surface area (Å²) in [5, 5.41) is 10.7. The molecule has 3 fully saturated rings. The predicted molar refractivity (Wildman–Crippen MR) is 161 cm³/mol. The smallest absolute Gasteiger partial charge is 0.307 e. The quantitative estimate of drug-likeness (QED) is 0.360. The molecule has 0 amide bonds. The van der Waals surface area contributed by atoms with Crippen molar-refractivity contribution in [2.24, 2.45) is 17.3 Å². The van der Waals surface area contributed by atoms with Gasteiger partial charge < -0.3 is 19.6 Å². The summed E-state index contributed by atoms with van der Waals surface area (Å²) in [5.74, 6) is 1.42. The highest BCUT2D eigenvalue weighted by Gasteiger charge is 2.64. The number of carbonyl (C=O) groups is 1. The second kappa shape index (κ2) is 11.4. The summed E-state index contributed by atoms with van der Waals surface area (Å²) in [7, 11) is 2.14. The highest BCUT2D eigenvalue weighted by atomic mass is 35.5. The van der Waals surface area contributed by atoms with Gasteiger partial charge in [-0.1, -0.05) is 30.1 Å². The first kappa shape index (κ1) is 28.2. The van der Waals surface area contributed by atoms with Crippen LogP contribution in [0.5, 0.6) is 11.6 Å². The van der Waals surface area contributed by atoms with E-state index in [1.165, 1.54) is 0 Å². The zero-order valence-electron chi connectivity index (χ0n) is 23.4. The van der Waals surface area contributed by atoms with Gasteiger partial charge in [-0.05, 0) is 86.3 Å². The Morgan fingerprint density at radius 2 is 1.80 bits per heavy atom. The van der Waals surface area contributed by atoms with E-state index in [9.17, 15) is 9.90 Å². The number of hydrogen-bond acceptors (Lipinski definition) is 7. The van der Waals surface area contributed by atoms with Gasteiger partial charge in [0.15, 0.2) is 0 Å². The summed E-state index contributed by atoms with van der Waals surface area (Å²) in [4.78, 5) is 28.1. The standard InChI is InChI=1S/C31H35Cl2N5O3/c1-31-6-8-37(7-5-25(31)29(31)30(39)40)19-20-13-26(21-15-22(32)17-23(33)16-21)35-28(14-20)41-24-3-4-27(34-18-24)38-11-9-36(2)10-12-38/h3-4,13-18,25,29H,5-12,19H2,1-2H3,(H,39,40)/t25-,29+,31?/m0/s1. The Balaban J connectivity index is 1.22. The number of ether oxygens (including phenoxy) is 1. The molecular formula is C31H35Cl2N5O3. The van der Waals surface area contributed by atoms with Gasteiger partial charge in [0.1, 0.15) is 11.6 Å². The van der Waals surface area contributed by atoms with Crippen molar-refractivity contribution in [2.75, 3.05) is 51.2 Å². The second-order valence-corrected chi connectivity index (χ2v) is 12.7. The Bertz CT molecular complexity index is 1410. The number of likely N-dealkylation sites (N-methyl/N-ethyl adjacent to an activating group) is 1. The van der Waals surface area contributed by atoms with E-state index in [1.54, 1.807) is 12.3 Å². The van der Waals surface area contributed by atoms with Gasteiger partial charge in [0.05, 0.1) is 17.8 Å². The van der Waals surface area contributed by atoms with E-state index in [1.807, 2.05) is 30.3 Å². The monoisotopic (exact) mass is 595 g/mol. The summed E-state index contributed by atoms with van der Waals surface area (Å²) in [5.41, 5.74) is 2.49. The highest BCUT2D eigenvalue weighted by Crippen LogP contribution is 2.63. The fourth-order valence-corrected chi connectivity index (χ4v) is 7.06. The number of carboxylic acids is 1. The first-order valence-electron chi connectivity index (χ1n) is 14.2. The van der Waals surface area contributed by atoms with Crippen molar-refractivity contribution in [1.82, 2.24) is 19.8 Å². The molecule has 0 radical (unpaired) electrons. The van der Waals surface area contributed by atoms with Crippen molar-refractivity contribution < 1.29 is 14.6 Å². The van der Waals surface area contributed by atoms with E-state index in [4.69, 9.17) is 32.9 Å². The molecule has 1 unspecified atom stereocenters.